The predicted octanol–water partition coefficient (Wildman–Crippen LogP) is 5.15. The van der Waals surface area contributed by atoms with Crippen LogP contribution in [0.5, 0.6) is 0 Å². The molecule has 133 valence electrons. The highest BCUT2D eigenvalue weighted by Crippen LogP contribution is 2.60. The molecule has 0 aromatic heterocycles. The van der Waals surface area contributed by atoms with Crippen LogP contribution in [0.4, 0.5) is 65.9 Å². The van der Waals surface area contributed by atoms with E-state index in [-0.39, 0.29) is 0 Å². The molecule has 0 amide bonds. The molecule has 0 saturated heterocycles. The molecule has 0 N–H and O–H groups in total. The van der Waals surface area contributed by atoms with E-state index < -0.39 is 42.2 Å². The van der Waals surface area contributed by atoms with Crippen molar-refractivity contribution in [1.29, 1.82) is 0 Å². The maximum Gasteiger partial charge on any atom is 0.460 e. The summed E-state index contributed by atoms with van der Waals surface area (Å²) < 4.78 is 181. The van der Waals surface area contributed by atoms with Gasteiger partial charge in [-0.15, -0.1) is 0 Å². The molecule has 15 heteroatoms. The minimum atomic E-state index is -8.09. The van der Waals surface area contributed by atoms with Crippen LogP contribution in [0, 0.1) is 6.17 Å². The molecule has 0 rings (SSSR count). The lowest BCUT2D eigenvalue weighted by molar-refractivity contribution is -0.425. The fraction of sp³-hybridized carbons (Fsp3) is 0.857. The largest absolute Gasteiger partial charge is 0.460 e. The molecule has 0 aromatic carbocycles. The van der Waals surface area contributed by atoms with E-state index in [4.69, 9.17) is 0 Å². The molecule has 0 aliphatic rings. The molecule has 22 heavy (non-hydrogen) atoms. The zero-order chi connectivity index (χ0) is 18.6. The van der Waals surface area contributed by atoms with Gasteiger partial charge in [0, 0.05) is 0 Å². The maximum atomic E-state index is 12.5. The standard InChI is InChI=1S/C7F15/c8-1(3(11,12)13)2(9,10)4(14,15)5(16,17)6(18,19)7(20,21)22. The Bertz CT molecular complexity index is 397. The van der Waals surface area contributed by atoms with Crippen LogP contribution < -0.4 is 0 Å². The molecular weight excluding hydrogens is 369 g/mol. The van der Waals surface area contributed by atoms with Crippen molar-refractivity contribution in [3.63, 3.8) is 0 Å². The van der Waals surface area contributed by atoms with Crippen molar-refractivity contribution < 1.29 is 65.9 Å². The van der Waals surface area contributed by atoms with Gasteiger partial charge in [0.25, 0.3) is 0 Å². The van der Waals surface area contributed by atoms with Crippen molar-refractivity contribution in [1.82, 2.24) is 0 Å². The summed E-state index contributed by atoms with van der Waals surface area (Å²) in [7, 11) is 0. The normalized spacial score (nSPS) is 16.4. The fourth-order valence-corrected chi connectivity index (χ4v) is 0.888. The van der Waals surface area contributed by atoms with Gasteiger partial charge in [0.05, 0.1) is 0 Å². The van der Waals surface area contributed by atoms with Crippen LogP contribution in [0.3, 0.4) is 0 Å². The molecule has 0 unspecified atom stereocenters. The molecule has 0 spiro atoms. The summed E-state index contributed by atoms with van der Waals surface area (Å²) in [5, 5.41) is 0. The average molecular weight is 369 g/mol. The molecule has 0 bridgehead atoms. The van der Waals surface area contributed by atoms with E-state index in [2.05, 4.69) is 0 Å². The highest BCUT2D eigenvalue weighted by Gasteiger charge is 2.90. The van der Waals surface area contributed by atoms with Crippen LogP contribution >= 0.6 is 0 Å². The summed E-state index contributed by atoms with van der Waals surface area (Å²) in [4.78, 5) is 0. The molecule has 0 nitrogen and oxygen atoms in total. The zero-order valence-electron chi connectivity index (χ0n) is 9.17. The highest BCUT2D eigenvalue weighted by molar-refractivity contribution is 5.15. The van der Waals surface area contributed by atoms with Gasteiger partial charge in [0.2, 0.25) is 0 Å². The molecular formula is C7F15. The second-order valence-corrected chi connectivity index (χ2v) is 3.61. The van der Waals surface area contributed by atoms with Crippen molar-refractivity contribution in [3.8, 4) is 0 Å². The topological polar surface area (TPSA) is 0 Å². The first-order valence-electron chi connectivity index (χ1n) is 4.33. The molecule has 0 aliphatic carbocycles. The lowest BCUT2D eigenvalue weighted by atomic mass is 9.95. The molecule has 0 atom stereocenters. The van der Waals surface area contributed by atoms with Gasteiger partial charge in [-0.25, -0.2) is 4.39 Å². The first-order valence-corrected chi connectivity index (χ1v) is 4.33. The Labute approximate surface area is 109 Å². The van der Waals surface area contributed by atoms with Crippen molar-refractivity contribution in [2.24, 2.45) is 0 Å². The third-order valence-corrected chi connectivity index (χ3v) is 2.06. The smallest absolute Gasteiger partial charge is 0.222 e. The van der Waals surface area contributed by atoms with Gasteiger partial charge in [-0.05, 0) is 0 Å². The first kappa shape index (κ1) is 20.9. The van der Waals surface area contributed by atoms with E-state index in [1.54, 1.807) is 0 Å². The molecule has 0 saturated carbocycles. The van der Waals surface area contributed by atoms with E-state index in [0.29, 0.717) is 0 Å². The minimum Gasteiger partial charge on any atom is -0.222 e. The van der Waals surface area contributed by atoms with Gasteiger partial charge in [0.1, 0.15) is 0 Å². The van der Waals surface area contributed by atoms with Gasteiger partial charge >= 0.3 is 42.2 Å². The van der Waals surface area contributed by atoms with Gasteiger partial charge in [-0.3, -0.25) is 0 Å². The van der Waals surface area contributed by atoms with Crippen LogP contribution in [0.1, 0.15) is 0 Å². The molecule has 0 aromatic rings. The number of alkyl halides is 14. The third-order valence-electron chi connectivity index (χ3n) is 2.06. The summed E-state index contributed by atoms with van der Waals surface area (Å²) in [5.74, 6) is -31.7. The average Bonchev–Trinajstić information content (AvgIpc) is 2.24. The van der Waals surface area contributed by atoms with Crippen LogP contribution in [0.25, 0.3) is 0 Å². The Morgan fingerprint density at radius 2 is 0.773 bits per heavy atom. The van der Waals surface area contributed by atoms with Crippen LogP contribution in [-0.2, 0) is 0 Å². The highest BCUT2D eigenvalue weighted by atomic mass is 19.4. The Hall–Kier alpha value is -1.05. The Morgan fingerprint density at radius 1 is 0.455 bits per heavy atom. The van der Waals surface area contributed by atoms with Gasteiger partial charge < -0.3 is 0 Å². The summed E-state index contributed by atoms with van der Waals surface area (Å²) in [6, 6.07) is 0. The Balaban J connectivity index is 6.12. The lowest BCUT2D eigenvalue weighted by Gasteiger charge is -2.37. The lowest BCUT2D eigenvalue weighted by Crippen LogP contribution is -2.68. The molecule has 0 fully saturated rings. The van der Waals surface area contributed by atoms with Crippen molar-refractivity contribution in [3.05, 3.63) is 6.17 Å². The van der Waals surface area contributed by atoms with Crippen LogP contribution in [0.15, 0.2) is 0 Å². The summed E-state index contributed by atoms with van der Waals surface area (Å²) in [5.41, 5.74) is 0. The number of hydrogen-bond acceptors (Lipinski definition) is 0. The number of hydrogen-bond donors (Lipinski definition) is 0. The van der Waals surface area contributed by atoms with E-state index in [9.17, 15) is 65.9 Å². The van der Waals surface area contributed by atoms with Crippen molar-refractivity contribution in [2.75, 3.05) is 0 Å². The molecule has 1 radical (unpaired) electrons. The van der Waals surface area contributed by atoms with Crippen LogP contribution in [0.2, 0.25) is 0 Å². The van der Waals surface area contributed by atoms with Gasteiger partial charge in [-0.1, -0.05) is 0 Å². The number of rotatable bonds is 4. The number of halogens is 15. The molecule has 0 heterocycles. The Kier molecular flexibility index (Phi) is 4.74. The monoisotopic (exact) mass is 369 g/mol. The summed E-state index contributed by atoms with van der Waals surface area (Å²) in [6.07, 6.45) is -19.7. The zero-order valence-corrected chi connectivity index (χ0v) is 9.17. The first-order chi connectivity index (χ1) is 9.15. The van der Waals surface area contributed by atoms with E-state index in [1.807, 2.05) is 0 Å². The summed E-state index contributed by atoms with van der Waals surface area (Å²) >= 11 is 0. The minimum absolute atomic E-state index is 5.16. The Morgan fingerprint density at radius 3 is 1.00 bits per heavy atom. The maximum absolute atomic E-state index is 12.5. The third kappa shape index (κ3) is 2.77. The SMILES string of the molecule is F[C](C(F)(F)F)C(F)(F)C(F)(F)C(F)(F)C(F)(F)C(F)(F)F. The van der Waals surface area contributed by atoms with E-state index in [1.165, 1.54) is 0 Å². The van der Waals surface area contributed by atoms with Crippen molar-refractivity contribution >= 4 is 0 Å². The van der Waals surface area contributed by atoms with E-state index in [0.717, 1.165) is 0 Å². The van der Waals surface area contributed by atoms with Gasteiger partial charge in [0.15, 0.2) is 0 Å². The quantitative estimate of drug-likeness (QED) is 0.601. The fourth-order valence-electron chi connectivity index (χ4n) is 0.888. The molecule has 0 aliphatic heterocycles. The van der Waals surface area contributed by atoms with Gasteiger partial charge in [-0.2, -0.15) is 61.5 Å². The second-order valence-electron chi connectivity index (χ2n) is 3.61. The summed E-state index contributed by atoms with van der Waals surface area (Å²) in [6.45, 7) is 0. The van der Waals surface area contributed by atoms with Crippen LogP contribution in [-0.4, -0.2) is 36.0 Å². The predicted molar refractivity (Wildman–Crippen MR) is 36.2 cm³/mol. The van der Waals surface area contributed by atoms with E-state index >= 15 is 0 Å². The van der Waals surface area contributed by atoms with Crippen molar-refractivity contribution in [2.45, 2.75) is 36.0 Å². The second kappa shape index (κ2) is 4.97.